The standard InChI is InChI=1S/C24H19ClN2O4/c1-30-19-9-5-8-18(14-19)26-23(28)20-21(15-10-12-16(25)13-11-15)27(31-22(20)24(26)29)17-6-3-2-4-7-17/h2-14,20-22H,1H3/t20-,21-,22-/m0/s1. The summed E-state index contributed by atoms with van der Waals surface area (Å²) in [5, 5.41) is 2.26. The van der Waals surface area contributed by atoms with Crippen LogP contribution >= 0.6 is 11.6 Å². The molecule has 2 amide bonds. The van der Waals surface area contributed by atoms with Crippen LogP contribution < -0.4 is 14.7 Å². The highest BCUT2D eigenvalue weighted by Crippen LogP contribution is 2.47. The lowest BCUT2D eigenvalue weighted by molar-refractivity contribution is -0.126. The molecule has 0 aromatic heterocycles. The summed E-state index contributed by atoms with van der Waals surface area (Å²) in [5.74, 6) is -0.821. The van der Waals surface area contributed by atoms with E-state index >= 15 is 0 Å². The molecule has 31 heavy (non-hydrogen) atoms. The maximum Gasteiger partial charge on any atom is 0.266 e. The smallest absolute Gasteiger partial charge is 0.266 e. The van der Waals surface area contributed by atoms with Gasteiger partial charge < -0.3 is 4.74 Å². The minimum atomic E-state index is -0.917. The number of anilines is 2. The Labute approximate surface area is 184 Å². The summed E-state index contributed by atoms with van der Waals surface area (Å²) < 4.78 is 5.25. The van der Waals surface area contributed by atoms with Crippen molar-refractivity contribution < 1.29 is 19.2 Å². The fourth-order valence-electron chi connectivity index (χ4n) is 4.22. The number of carbonyl (C=O) groups excluding carboxylic acids is 2. The highest BCUT2D eigenvalue weighted by molar-refractivity contribution is 6.30. The summed E-state index contributed by atoms with van der Waals surface area (Å²) in [5.41, 5.74) is 2.08. The van der Waals surface area contributed by atoms with E-state index in [0.717, 1.165) is 11.3 Å². The van der Waals surface area contributed by atoms with E-state index in [-0.39, 0.29) is 11.8 Å². The normalized spacial score (nSPS) is 22.7. The number of nitrogens with zero attached hydrogens (tertiary/aromatic N) is 2. The van der Waals surface area contributed by atoms with Crippen LogP contribution in [0.25, 0.3) is 0 Å². The minimum absolute atomic E-state index is 0.304. The SMILES string of the molecule is COc1cccc(N2C(=O)[C@@H]3[C@H](ON(c4ccccc4)[C@H]3c3ccc(Cl)cc3)C2=O)c1. The summed E-state index contributed by atoms with van der Waals surface area (Å²) in [6.07, 6.45) is -0.917. The number of amides is 2. The first-order chi connectivity index (χ1) is 15.1. The lowest BCUT2D eigenvalue weighted by atomic mass is 9.90. The molecule has 0 N–H and O–H groups in total. The molecule has 3 atom stereocenters. The Morgan fingerprint density at radius 3 is 2.29 bits per heavy atom. The molecule has 3 aromatic carbocycles. The number of carbonyl (C=O) groups is 2. The molecule has 2 saturated heterocycles. The van der Waals surface area contributed by atoms with E-state index in [4.69, 9.17) is 21.2 Å². The number of rotatable bonds is 4. The average molecular weight is 435 g/mol. The van der Waals surface area contributed by atoms with Crippen molar-refractivity contribution in [1.82, 2.24) is 0 Å². The second-order valence-corrected chi connectivity index (χ2v) is 7.86. The number of para-hydroxylation sites is 1. The largest absolute Gasteiger partial charge is 0.497 e. The van der Waals surface area contributed by atoms with Gasteiger partial charge in [0.15, 0.2) is 6.10 Å². The van der Waals surface area contributed by atoms with Crippen LogP contribution in [0.15, 0.2) is 78.9 Å². The summed E-state index contributed by atoms with van der Waals surface area (Å²) in [4.78, 5) is 34.2. The van der Waals surface area contributed by atoms with Crippen molar-refractivity contribution in [2.75, 3.05) is 17.1 Å². The third kappa shape index (κ3) is 3.24. The molecule has 6 nitrogen and oxygen atoms in total. The molecule has 7 heteroatoms. The van der Waals surface area contributed by atoms with E-state index in [1.54, 1.807) is 48.6 Å². The highest BCUT2D eigenvalue weighted by atomic mass is 35.5. The van der Waals surface area contributed by atoms with Gasteiger partial charge in [-0.05, 0) is 42.0 Å². The first kappa shape index (κ1) is 19.6. The number of hydrogen-bond acceptors (Lipinski definition) is 5. The van der Waals surface area contributed by atoms with Crippen molar-refractivity contribution in [3.8, 4) is 5.75 Å². The van der Waals surface area contributed by atoms with E-state index in [0.29, 0.717) is 16.5 Å². The molecule has 156 valence electrons. The minimum Gasteiger partial charge on any atom is -0.497 e. The molecule has 0 spiro atoms. The number of halogens is 1. The zero-order chi connectivity index (χ0) is 21.5. The maximum atomic E-state index is 13.6. The summed E-state index contributed by atoms with van der Waals surface area (Å²) >= 11 is 6.08. The number of hydrogen-bond donors (Lipinski definition) is 0. The second-order valence-electron chi connectivity index (χ2n) is 7.42. The van der Waals surface area contributed by atoms with Gasteiger partial charge in [0.1, 0.15) is 11.7 Å². The van der Waals surface area contributed by atoms with Crippen LogP contribution in [-0.4, -0.2) is 25.0 Å². The lowest BCUT2D eigenvalue weighted by Gasteiger charge is -2.28. The number of benzene rings is 3. The fourth-order valence-corrected chi connectivity index (χ4v) is 4.34. The van der Waals surface area contributed by atoms with Crippen LogP contribution in [0.1, 0.15) is 11.6 Å². The number of imide groups is 1. The Morgan fingerprint density at radius 2 is 1.58 bits per heavy atom. The van der Waals surface area contributed by atoms with Crippen molar-refractivity contribution in [3.63, 3.8) is 0 Å². The first-order valence-corrected chi connectivity index (χ1v) is 10.2. The van der Waals surface area contributed by atoms with Gasteiger partial charge in [0.2, 0.25) is 5.91 Å². The van der Waals surface area contributed by atoms with Crippen LogP contribution in [0.5, 0.6) is 5.75 Å². The van der Waals surface area contributed by atoms with Crippen LogP contribution in [-0.2, 0) is 14.4 Å². The van der Waals surface area contributed by atoms with Crippen molar-refractivity contribution >= 4 is 34.8 Å². The Hall–Kier alpha value is -3.35. The maximum absolute atomic E-state index is 13.6. The molecule has 5 rings (SSSR count). The predicted octanol–water partition coefficient (Wildman–Crippen LogP) is 4.40. The van der Waals surface area contributed by atoms with Gasteiger partial charge in [0, 0.05) is 11.1 Å². The second kappa shape index (κ2) is 7.72. The van der Waals surface area contributed by atoms with Gasteiger partial charge in [-0.15, -0.1) is 0 Å². The van der Waals surface area contributed by atoms with Gasteiger partial charge >= 0.3 is 0 Å². The quantitative estimate of drug-likeness (QED) is 0.570. The van der Waals surface area contributed by atoms with E-state index in [2.05, 4.69) is 0 Å². The third-order valence-electron chi connectivity index (χ3n) is 5.65. The van der Waals surface area contributed by atoms with Gasteiger partial charge in [-0.1, -0.05) is 48.0 Å². The molecule has 2 fully saturated rings. The molecular formula is C24H19ClN2O4. The topological polar surface area (TPSA) is 59.1 Å². The highest BCUT2D eigenvalue weighted by Gasteiger charge is 2.60. The number of fused-ring (bicyclic) bond motifs is 1. The zero-order valence-electron chi connectivity index (χ0n) is 16.6. The predicted molar refractivity (Wildman–Crippen MR) is 117 cm³/mol. The van der Waals surface area contributed by atoms with Crippen molar-refractivity contribution in [2.45, 2.75) is 12.1 Å². The number of hydroxylamine groups is 1. The summed E-state index contributed by atoms with van der Waals surface area (Å²) in [6.45, 7) is 0. The van der Waals surface area contributed by atoms with Gasteiger partial charge in [0.25, 0.3) is 5.91 Å². The van der Waals surface area contributed by atoms with Crippen molar-refractivity contribution in [2.24, 2.45) is 5.92 Å². The van der Waals surface area contributed by atoms with E-state index < -0.39 is 18.1 Å². The van der Waals surface area contributed by atoms with E-state index in [9.17, 15) is 9.59 Å². The van der Waals surface area contributed by atoms with Crippen molar-refractivity contribution in [1.29, 1.82) is 0 Å². The van der Waals surface area contributed by atoms with Gasteiger partial charge in [-0.25, -0.2) is 9.96 Å². The number of ether oxygens (including phenoxy) is 1. The number of methoxy groups -OCH3 is 1. The van der Waals surface area contributed by atoms with E-state index in [1.165, 1.54) is 4.90 Å². The van der Waals surface area contributed by atoms with Crippen molar-refractivity contribution in [3.05, 3.63) is 89.4 Å². The molecule has 0 bridgehead atoms. The molecule has 0 saturated carbocycles. The molecule has 0 aliphatic carbocycles. The van der Waals surface area contributed by atoms with Crippen LogP contribution in [0, 0.1) is 5.92 Å². The van der Waals surface area contributed by atoms with Crippen LogP contribution in [0.2, 0.25) is 5.02 Å². The molecule has 2 aliphatic rings. The zero-order valence-corrected chi connectivity index (χ0v) is 17.4. The molecule has 2 aliphatic heterocycles. The summed E-state index contributed by atoms with van der Waals surface area (Å²) in [7, 11) is 1.54. The van der Waals surface area contributed by atoms with Gasteiger partial charge in [-0.3, -0.25) is 14.4 Å². The fraction of sp³-hybridized carbons (Fsp3) is 0.167. The molecule has 3 aromatic rings. The average Bonchev–Trinajstić information content (AvgIpc) is 3.31. The molecule has 0 unspecified atom stereocenters. The van der Waals surface area contributed by atoms with Gasteiger partial charge in [-0.2, -0.15) is 0 Å². The van der Waals surface area contributed by atoms with Gasteiger partial charge in [0.05, 0.1) is 24.5 Å². The van der Waals surface area contributed by atoms with E-state index in [1.807, 2.05) is 42.5 Å². The van der Waals surface area contributed by atoms with Crippen LogP contribution in [0.3, 0.4) is 0 Å². The lowest BCUT2D eigenvalue weighted by Crippen LogP contribution is -2.37. The van der Waals surface area contributed by atoms with Crippen LogP contribution in [0.4, 0.5) is 11.4 Å². The third-order valence-corrected chi connectivity index (χ3v) is 5.90. The molecule has 2 heterocycles. The first-order valence-electron chi connectivity index (χ1n) is 9.87. The summed E-state index contributed by atoms with van der Waals surface area (Å²) in [6, 6.07) is 23.1. The Kier molecular flexibility index (Phi) is 4.88. The Morgan fingerprint density at radius 1 is 0.871 bits per heavy atom. The Balaban J connectivity index is 1.57. The Bertz CT molecular complexity index is 1140. The monoisotopic (exact) mass is 434 g/mol. The molecular weight excluding hydrogens is 416 g/mol. The molecule has 0 radical (unpaired) electrons.